The van der Waals surface area contributed by atoms with Crippen LogP contribution in [0.1, 0.15) is 121 Å². The van der Waals surface area contributed by atoms with Crippen molar-refractivity contribution in [2.45, 2.75) is 85.1 Å². The molecule has 638 valence electrons. The minimum Gasteiger partial charge on any atom is -0.496 e. The number of carbonyl (C=O) groups excluding carboxylic acids is 9. The van der Waals surface area contributed by atoms with E-state index in [1.807, 2.05) is 141 Å². The number of thiazole rings is 3. The number of rotatable bonds is 31. The molecule has 3 saturated heterocycles. The highest BCUT2D eigenvalue weighted by Gasteiger charge is 2.34. The molecular formula is C89H99N15O12S6. The third-order valence-electron chi connectivity index (χ3n) is 21.3. The Bertz CT molecular complexity index is 5430. The summed E-state index contributed by atoms with van der Waals surface area (Å²) in [6, 6.07) is 32.4. The van der Waals surface area contributed by atoms with Gasteiger partial charge < -0.3 is 58.3 Å². The van der Waals surface area contributed by atoms with Crippen molar-refractivity contribution < 1.29 is 57.4 Å². The van der Waals surface area contributed by atoms with Gasteiger partial charge in [-0.25, -0.2) is 15.0 Å². The van der Waals surface area contributed by atoms with Crippen LogP contribution >= 0.6 is 69.3 Å². The molecule has 0 aliphatic carbocycles. The van der Waals surface area contributed by atoms with E-state index in [0.29, 0.717) is 160 Å². The van der Waals surface area contributed by atoms with Gasteiger partial charge in [0.25, 0.3) is 35.4 Å². The molecule has 6 aromatic carbocycles. The smallest absolute Gasteiger partial charge is 0.257 e. The summed E-state index contributed by atoms with van der Waals surface area (Å²) in [5.41, 5.74) is 7.52. The average molecular weight is 1760 g/mol. The monoisotopic (exact) mass is 1760 g/mol. The van der Waals surface area contributed by atoms with Crippen LogP contribution in [-0.2, 0) is 33.8 Å². The number of hydrogen-bond acceptors (Lipinski definition) is 24. The van der Waals surface area contributed by atoms with E-state index >= 15 is 0 Å². The van der Waals surface area contributed by atoms with E-state index < -0.39 is 5.91 Å². The summed E-state index contributed by atoms with van der Waals surface area (Å²) in [6.45, 7) is 19.4. The largest absolute Gasteiger partial charge is 0.496 e. The molecule has 6 heterocycles. The van der Waals surface area contributed by atoms with E-state index in [0.717, 1.165) is 58.1 Å². The second kappa shape index (κ2) is 41.2. The summed E-state index contributed by atoms with van der Waals surface area (Å²) >= 11 is 8.06. The fraction of sp³-hybridized carbons (Fsp3) is 0.326. The van der Waals surface area contributed by atoms with Crippen LogP contribution in [0, 0.1) is 6.92 Å². The highest BCUT2D eigenvalue weighted by Crippen LogP contribution is 2.45. The summed E-state index contributed by atoms with van der Waals surface area (Å²) in [7, 11) is 16.4. The molecule has 2 unspecified atom stereocenters. The van der Waals surface area contributed by atoms with Crippen LogP contribution < -0.4 is 30.2 Å². The van der Waals surface area contributed by atoms with Gasteiger partial charge in [0, 0.05) is 128 Å². The topological polar surface area (TPSA) is 285 Å². The molecule has 12 rings (SSSR count). The number of piperazine rings is 2. The quantitative estimate of drug-likeness (QED) is 0.0340. The maximum atomic E-state index is 14.9. The molecule has 3 aliphatic heterocycles. The van der Waals surface area contributed by atoms with Crippen molar-refractivity contribution in [2.24, 2.45) is 0 Å². The third kappa shape index (κ3) is 22.1. The number of hydrogen-bond donors (Lipinski definition) is 3. The predicted octanol–water partition coefficient (Wildman–Crippen LogP) is 13.5. The lowest BCUT2D eigenvalue weighted by molar-refractivity contribution is -0.130. The maximum absolute atomic E-state index is 14.9. The summed E-state index contributed by atoms with van der Waals surface area (Å²) < 4.78 is 20.0. The zero-order valence-corrected chi connectivity index (χ0v) is 74.9. The van der Waals surface area contributed by atoms with E-state index in [-0.39, 0.29) is 71.9 Å². The molecule has 0 bridgehead atoms. The number of nitrogens with one attached hydrogen (secondary N) is 3. The Morgan fingerprint density at radius 2 is 0.861 bits per heavy atom. The van der Waals surface area contributed by atoms with Crippen LogP contribution in [0.5, 0.6) is 17.2 Å². The average Bonchev–Trinajstić information content (AvgIpc) is 0.846. The van der Waals surface area contributed by atoms with Crippen LogP contribution in [0.3, 0.4) is 0 Å². The zero-order valence-electron chi connectivity index (χ0n) is 70.0. The number of aryl methyl sites for hydroxylation is 1. The summed E-state index contributed by atoms with van der Waals surface area (Å²) in [5.74, 6) is -1.26. The Hall–Kier alpha value is -11.0. The molecule has 27 nitrogen and oxygen atoms in total. The SMILES string of the molecule is C=CC(=O)N1CCCN(C(=O)c2cc(Sc3cnc(NC(=O)c4cccc(C(Cc5cc(OC)c(C(=O)N6CCN(C(=O)C=C)CC6)cc5Sc5cnc(NC(=O)c6ccc(CN(C)C)cc6)s5)N(C)C)c4)s3)c(CC(c3cccc(C(=O)Nc4ncc(Sc5cc(C(=O)N6CCN(C(=O)C=C)[C@H](C)C6)c(OC)cc5C)s4)c3)N(C)C)cc2OC)CC1. The van der Waals surface area contributed by atoms with Gasteiger partial charge in [0.15, 0.2) is 15.4 Å². The van der Waals surface area contributed by atoms with Crippen molar-refractivity contribution >= 4 is 138 Å². The van der Waals surface area contributed by atoms with Crippen molar-refractivity contribution in [3.05, 3.63) is 233 Å². The Balaban J connectivity index is 0.774. The number of carbonyl (C=O) groups is 9. The van der Waals surface area contributed by atoms with Gasteiger partial charge in [0.1, 0.15) is 17.2 Å². The van der Waals surface area contributed by atoms with Crippen molar-refractivity contribution in [1.82, 2.24) is 59.1 Å². The molecule has 3 aliphatic rings. The standard InChI is InChI=1S/C89H99N15O12S6/c1-15-75(105)99-29-20-30-101(34-31-99)84(111)65-47-73(62(44-70(65)115-13)42-67(97(8)9)58-21-18-23-60(40-58)82(109)94-88-90-49-78(120-88)117-72-46-64(69(114-12)39-54(72)4)86(113)103-37-38-104(55(5)52-103)77(107)17-3)118-80-51-92-89(122-80)95-83(110)61-24-19-22-59(41-61)68(98(10)11)43-63-45-71(116-14)66(85(112)102-35-32-100(33-36-102)76(106)16-2)48-74(63)119-79-50-91-87(121-79)93-81(108)57-27-25-56(26-28-57)53-96(6)7/h15-19,21-28,39-41,44-51,55,67-68H,1-3,20,29-38,42-43,52-53H2,4-14H3,(H,90,94,109)(H,91,93,108)(H,92,95,110)/t55-,67?,68?/m1/s1. The molecule has 3 N–H and O–H groups in total. The van der Waals surface area contributed by atoms with Gasteiger partial charge in [-0.1, -0.05) is 125 Å². The Morgan fingerprint density at radius 1 is 0.475 bits per heavy atom. The van der Waals surface area contributed by atoms with Gasteiger partial charge in [-0.05, 0) is 200 Å². The molecule has 9 aromatic rings. The first-order valence-corrected chi connectivity index (χ1v) is 44.4. The molecule has 122 heavy (non-hydrogen) atoms. The zero-order chi connectivity index (χ0) is 87.2. The van der Waals surface area contributed by atoms with Gasteiger partial charge in [-0.15, -0.1) is 0 Å². The second-order valence-electron chi connectivity index (χ2n) is 30.1. The number of amides is 9. The van der Waals surface area contributed by atoms with E-state index in [2.05, 4.69) is 60.4 Å². The molecule has 3 atom stereocenters. The number of nitrogens with zero attached hydrogens (tertiary/aromatic N) is 12. The summed E-state index contributed by atoms with van der Waals surface area (Å²) in [5, 5.41) is 10.1. The number of ether oxygens (including phenoxy) is 3. The highest BCUT2D eigenvalue weighted by atomic mass is 32.2. The Morgan fingerprint density at radius 3 is 1.29 bits per heavy atom. The molecule has 3 aromatic heterocycles. The lowest BCUT2D eigenvalue weighted by atomic mass is 9.95. The molecule has 3 fully saturated rings. The van der Waals surface area contributed by atoms with Gasteiger partial charge in [0.05, 0.1) is 69.2 Å². The fourth-order valence-corrected chi connectivity index (χ4v) is 20.7. The first kappa shape index (κ1) is 90.2. The van der Waals surface area contributed by atoms with E-state index in [1.165, 1.54) is 109 Å². The van der Waals surface area contributed by atoms with Crippen LogP contribution in [0.4, 0.5) is 15.4 Å². The van der Waals surface area contributed by atoms with Gasteiger partial charge in [-0.3, -0.25) is 59.1 Å². The Kier molecular flexibility index (Phi) is 30.5. The number of likely N-dealkylation sites (N-methyl/N-ethyl adjacent to an activating group) is 2. The fourth-order valence-electron chi connectivity index (χ4n) is 14.8. The Labute approximate surface area is 735 Å². The molecule has 9 amide bonds. The van der Waals surface area contributed by atoms with Crippen molar-refractivity contribution in [2.75, 3.05) is 152 Å². The number of aromatic nitrogens is 3. The summed E-state index contributed by atoms with van der Waals surface area (Å²) in [6.07, 6.45) is 10.2. The van der Waals surface area contributed by atoms with Crippen LogP contribution in [0.15, 0.2) is 193 Å². The maximum Gasteiger partial charge on any atom is 0.257 e. The van der Waals surface area contributed by atoms with Crippen LogP contribution in [0.25, 0.3) is 0 Å². The third-order valence-corrected chi connectivity index (χ3v) is 27.7. The van der Waals surface area contributed by atoms with Crippen molar-refractivity contribution in [3.63, 3.8) is 0 Å². The lowest BCUT2D eigenvalue weighted by Gasteiger charge is -2.39. The van der Waals surface area contributed by atoms with Crippen LogP contribution in [0.2, 0.25) is 0 Å². The molecule has 33 heteroatoms. The molecule has 0 radical (unpaired) electrons. The molecule has 0 saturated carbocycles. The summed E-state index contributed by atoms with van der Waals surface area (Å²) in [4.78, 5) is 157. The normalized spacial score (nSPS) is 14.9. The number of methoxy groups -OCH3 is 3. The first-order chi connectivity index (χ1) is 58.6. The lowest BCUT2D eigenvalue weighted by Crippen LogP contribution is -2.55. The van der Waals surface area contributed by atoms with Crippen molar-refractivity contribution in [1.29, 1.82) is 0 Å². The number of benzene rings is 6. The molecular weight excluding hydrogens is 1660 g/mol. The molecule has 0 spiro atoms. The number of anilines is 3. The van der Waals surface area contributed by atoms with Gasteiger partial charge >= 0.3 is 0 Å². The second-order valence-corrected chi connectivity index (χ2v) is 37.3. The minimum absolute atomic E-state index is 0.177. The predicted molar refractivity (Wildman–Crippen MR) is 481 cm³/mol. The van der Waals surface area contributed by atoms with Gasteiger partial charge in [0.2, 0.25) is 17.7 Å². The van der Waals surface area contributed by atoms with E-state index in [9.17, 15) is 43.2 Å². The van der Waals surface area contributed by atoms with E-state index in [1.54, 1.807) is 72.3 Å². The minimum atomic E-state index is -0.407. The van der Waals surface area contributed by atoms with Crippen molar-refractivity contribution in [3.8, 4) is 17.2 Å². The van der Waals surface area contributed by atoms with Crippen LogP contribution in [-0.4, -0.2) is 254 Å². The highest BCUT2D eigenvalue weighted by molar-refractivity contribution is 8.01. The van der Waals surface area contributed by atoms with E-state index in [4.69, 9.17) is 19.2 Å². The first-order valence-electron chi connectivity index (χ1n) is 39.5. The van der Waals surface area contributed by atoms with Gasteiger partial charge in [-0.2, -0.15) is 0 Å².